The summed E-state index contributed by atoms with van der Waals surface area (Å²) in [5.74, 6) is 1.07. The molecule has 1 aromatic heterocycles. The maximum absolute atomic E-state index is 11.8. The van der Waals surface area contributed by atoms with Crippen molar-refractivity contribution >= 4 is 46.1 Å². The Hall–Kier alpha value is -4.31. The van der Waals surface area contributed by atoms with Crippen LogP contribution in [0.15, 0.2) is 61.3 Å². The Bertz CT molecular complexity index is 1180. The maximum Gasteiger partial charge on any atom is 0.247 e. The minimum Gasteiger partial charge on any atom is -0.494 e. The molecule has 0 atom stereocenters. The summed E-state index contributed by atoms with van der Waals surface area (Å²) in [6.07, 6.45) is 2.72. The fraction of sp³-hybridized carbons (Fsp3) is 0.208. The van der Waals surface area contributed by atoms with Crippen molar-refractivity contribution in [3.8, 4) is 5.75 Å². The average Bonchev–Trinajstić information content (AvgIpc) is 2.87. The molecule has 176 valence electrons. The van der Waals surface area contributed by atoms with E-state index in [1.54, 1.807) is 19.2 Å². The average molecular weight is 462 g/mol. The number of aromatic nitrogens is 2. The van der Waals surface area contributed by atoms with Crippen molar-refractivity contribution in [3.63, 3.8) is 0 Å². The monoisotopic (exact) mass is 461 g/mol. The zero-order chi connectivity index (χ0) is 23.9. The van der Waals surface area contributed by atoms with E-state index in [4.69, 9.17) is 15.2 Å². The van der Waals surface area contributed by atoms with E-state index < -0.39 is 0 Å². The second-order valence-corrected chi connectivity index (χ2v) is 7.47. The van der Waals surface area contributed by atoms with Gasteiger partial charge in [-0.1, -0.05) is 18.7 Å². The third-order valence-electron chi connectivity index (χ3n) is 5.25. The van der Waals surface area contributed by atoms with Gasteiger partial charge in [-0.05, 0) is 30.3 Å². The van der Waals surface area contributed by atoms with Gasteiger partial charge in [0.1, 0.15) is 5.75 Å². The Labute approximate surface area is 197 Å². The number of hydrogen-bond donors (Lipinski definition) is 4. The number of amides is 1. The lowest BCUT2D eigenvalue weighted by atomic mass is 10.2. The number of nitrogens with one attached hydrogen (secondary N) is 3. The van der Waals surface area contributed by atoms with Gasteiger partial charge in [0.05, 0.1) is 49.3 Å². The Morgan fingerprint density at radius 1 is 1.15 bits per heavy atom. The topological polar surface area (TPSA) is 127 Å². The number of nitrogens with zero attached hydrogens (tertiary/aromatic N) is 3. The summed E-state index contributed by atoms with van der Waals surface area (Å²) in [7, 11) is 1.62. The molecule has 1 amide bonds. The van der Waals surface area contributed by atoms with E-state index >= 15 is 0 Å². The number of benzene rings is 2. The Morgan fingerprint density at radius 2 is 1.91 bits per heavy atom. The van der Waals surface area contributed by atoms with Crippen molar-refractivity contribution < 1.29 is 14.3 Å². The van der Waals surface area contributed by atoms with Crippen LogP contribution in [0, 0.1) is 0 Å². The first kappa shape index (κ1) is 22.9. The van der Waals surface area contributed by atoms with Crippen LogP contribution in [-0.2, 0) is 9.53 Å². The molecule has 0 aliphatic carbocycles. The zero-order valence-electron chi connectivity index (χ0n) is 18.9. The number of carbonyl (C=O) groups excluding carboxylic acids is 1. The van der Waals surface area contributed by atoms with Crippen molar-refractivity contribution in [3.05, 3.63) is 61.3 Å². The lowest BCUT2D eigenvalue weighted by molar-refractivity contribution is -0.111. The van der Waals surface area contributed by atoms with Crippen molar-refractivity contribution in [2.75, 3.05) is 60.0 Å². The smallest absolute Gasteiger partial charge is 0.247 e. The highest BCUT2D eigenvalue weighted by Crippen LogP contribution is 2.33. The number of hydrogen-bond acceptors (Lipinski definition) is 9. The van der Waals surface area contributed by atoms with E-state index in [1.807, 2.05) is 30.3 Å². The van der Waals surface area contributed by atoms with Gasteiger partial charge < -0.3 is 36.1 Å². The van der Waals surface area contributed by atoms with Crippen LogP contribution in [0.2, 0.25) is 0 Å². The van der Waals surface area contributed by atoms with Gasteiger partial charge in [-0.25, -0.2) is 4.98 Å². The van der Waals surface area contributed by atoms with E-state index in [0.717, 1.165) is 18.8 Å². The largest absolute Gasteiger partial charge is 0.494 e. The van der Waals surface area contributed by atoms with Crippen LogP contribution >= 0.6 is 0 Å². The van der Waals surface area contributed by atoms with E-state index in [0.29, 0.717) is 53.5 Å². The molecule has 0 unspecified atom stereocenters. The summed E-state index contributed by atoms with van der Waals surface area (Å²) in [6.45, 7) is 6.56. The molecule has 0 saturated carbocycles. The summed E-state index contributed by atoms with van der Waals surface area (Å²) >= 11 is 0. The van der Waals surface area contributed by atoms with Crippen molar-refractivity contribution in [1.29, 1.82) is 0 Å². The van der Waals surface area contributed by atoms with Crippen LogP contribution < -0.4 is 31.3 Å². The third kappa shape index (κ3) is 5.36. The van der Waals surface area contributed by atoms with Crippen molar-refractivity contribution in [2.45, 2.75) is 0 Å². The third-order valence-corrected chi connectivity index (χ3v) is 5.25. The normalized spacial score (nSPS) is 13.1. The van der Waals surface area contributed by atoms with Gasteiger partial charge in [-0.3, -0.25) is 4.79 Å². The van der Waals surface area contributed by atoms with Gasteiger partial charge in [0.15, 0.2) is 5.82 Å². The molecule has 4 rings (SSSR count). The summed E-state index contributed by atoms with van der Waals surface area (Å²) in [5, 5.41) is 9.11. The van der Waals surface area contributed by atoms with Crippen LogP contribution in [0.25, 0.3) is 0 Å². The van der Waals surface area contributed by atoms with E-state index in [1.165, 1.54) is 12.3 Å². The molecule has 3 aromatic rings. The second kappa shape index (κ2) is 10.5. The molecule has 1 aliphatic heterocycles. The van der Waals surface area contributed by atoms with Gasteiger partial charge in [0, 0.05) is 24.8 Å². The molecule has 2 aromatic carbocycles. The number of nitrogens with two attached hydrogens (primary N) is 1. The van der Waals surface area contributed by atoms with E-state index in [-0.39, 0.29) is 5.91 Å². The molecule has 1 saturated heterocycles. The zero-order valence-corrected chi connectivity index (χ0v) is 18.9. The first-order chi connectivity index (χ1) is 16.6. The Morgan fingerprint density at radius 3 is 2.65 bits per heavy atom. The van der Waals surface area contributed by atoms with Crippen LogP contribution in [0.3, 0.4) is 0 Å². The van der Waals surface area contributed by atoms with Crippen LogP contribution in [0.4, 0.5) is 40.2 Å². The summed E-state index contributed by atoms with van der Waals surface area (Å²) in [4.78, 5) is 22.8. The van der Waals surface area contributed by atoms with Crippen LogP contribution in [-0.4, -0.2) is 49.3 Å². The van der Waals surface area contributed by atoms with Crippen LogP contribution in [0.1, 0.15) is 0 Å². The number of nitrogen functional groups attached to an aromatic ring is 1. The number of morpholine rings is 1. The lowest BCUT2D eigenvalue weighted by Gasteiger charge is -2.29. The number of anilines is 7. The molecule has 2 heterocycles. The minimum absolute atomic E-state index is 0.320. The van der Waals surface area contributed by atoms with Gasteiger partial charge in [0.25, 0.3) is 0 Å². The number of carbonyl (C=O) groups is 1. The van der Waals surface area contributed by atoms with E-state index in [2.05, 4.69) is 37.4 Å². The fourth-order valence-electron chi connectivity index (χ4n) is 3.49. The second-order valence-electron chi connectivity index (χ2n) is 7.47. The summed E-state index contributed by atoms with van der Waals surface area (Å²) < 4.78 is 11.0. The highest BCUT2D eigenvalue weighted by atomic mass is 16.5. The highest BCUT2D eigenvalue weighted by Gasteiger charge is 2.15. The Kier molecular flexibility index (Phi) is 7.09. The number of para-hydroxylation sites is 2. The van der Waals surface area contributed by atoms with E-state index in [9.17, 15) is 4.79 Å². The molecule has 34 heavy (non-hydrogen) atoms. The quantitative estimate of drug-likeness (QED) is 0.373. The SMILES string of the molecule is C=CC(=O)Nc1ccccc1Nc1nc(Nc2ccc(N3CCOCC3)cc2OC)ncc1N. The molecule has 0 bridgehead atoms. The first-order valence-corrected chi connectivity index (χ1v) is 10.8. The molecule has 1 aliphatic rings. The standard InChI is InChI=1S/C24H27N7O3/c1-3-22(32)27-18-6-4-5-7-19(18)28-23-17(25)15-26-24(30-23)29-20-9-8-16(14-21(20)33-2)31-10-12-34-13-11-31/h3-9,14-15H,1,10-13,25H2,2H3,(H,27,32)(H2,26,28,29,30). The molecule has 10 nitrogen and oxygen atoms in total. The molecule has 10 heteroatoms. The molecule has 0 radical (unpaired) electrons. The number of rotatable bonds is 8. The highest BCUT2D eigenvalue weighted by molar-refractivity contribution is 6.01. The molecular weight excluding hydrogens is 434 g/mol. The molecular formula is C24H27N7O3. The first-order valence-electron chi connectivity index (χ1n) is 10.8. The van der Waals surface area contributed by atoms with Gasteiger partial charge >= 0.3 is 0 Å². The fourth-order valence-corrected chi connectivity index (χ4v) is 3.49. The molecule has 5 N–H and O–H groups in total. The van der Waals surface area contributed by atoms with Crippen LogP contribution in [0.5, 0.6) is 5.75 Å². The van der Waals surface area contributed by atoms with Crippen molar-refractivity contribution in [1.82, 2.24) is 9.97 Å². The maximum atomic E-state index is 11.8. The van der Waals surface area contributed by atoms with Gasteiger partial charge in [-0.2, -0.15) is 4.98 Å². The van der Waals surface area contributed by atoms with Gasteiger partial charge in [0.2, 0.25) is 11.9 Å². The predicted octanol–water partition coefficient (Wildman–Crippen LogP) is 3.52. The Balaban J connectivity index is 1.55. The number of ether oxygens (including phenoxy) is 2. The minimum atomic E-state index is -0.320. The lowest BCUT2D eigenvalue weighted by Crippen LogP contribution is -2.36. The molecule has 1 fully saturated rings. The summed E-state index contributed by atoms with van der Waals surface area (Å²) in [5.41, 5.74) is 9.43. The number of methoxy groups -OCH3 is 1. The van der Waals surface area contributed by atoms with Crippen molar-refractivity contribution in [2.24, 2.45) is 0 Å². The molecule has 0 spiro atoms. The summed E-state index contributed by atoms with van der Waals surface area (Å²) in [6, 6.07) is 13.1. The predicted molar refractivity (Wildman–Crippen MR) is 134 cm³/mol. The van der Waals surface area contributed by atoms with Gasteiger partial charge in [-0.15, -0.1) is 0 Å².